The average Bonchev–Trinajstić information content (AvgIpc) is 2.83. The van der Waals surface area contributed by atoms with Crippen molar-refractivity contribution in [3.05, 3.63) is 57.8 Å². The summed E-state index contributed by atoms with van der Waals surface area (Å²) in [5, 5.41) is 13.3. The Morgan fingerprint density at radius 1 is 1.12 bits per heavy atom. The van der Waals surface area contributed by atoms with Crippen LogP contribution in [0.1, 0.15) is 16.0 Å². The van der Waals surface area contributed by atoms with Crippen LogP contribution in [0.15, 0.2) is 41.8 Å². The van der Waals surface area contributed by atoms with Crippen molar-refractivity contribution in [2.24, 2.45) is 0 Å². The molecule has 2 N–H and O–H groups in total. The minimum atomic E-state index is 0.782. The first-order valence-corrected chi connectivity index (χ1v) is 6.10. The lowest BCUT2D eigenvalue weighted by atomic mass is 10.1. The van der Waals surface area contributed by atoms with Gasteiger partial charge in [-0.15, -0.1) is 11.3 Å². The fraction of sp³-hybridized carbons (Fsp3) is 0.154. The zero-order chi connectivity index (χ0) is 11.2. The van der Waals surface area contributed by atoms with E-state index < -0.39 is 0 Å². The van der Waals surface area contributed by atoms with Crippen LogP contribution in [0.3, 0.4) is 0 Å². The summed E-state index contributed by atoms with van der Waals surface area (Å²) in [6.07, 6.45) is 0. The van der Waals surface area contributed by atoms with Gasteiger partial charge in [0.15, 0.2) is 0 Å². The Balaban J connectivity index is 1.93. The van der Waals surface area contributed by atoms with Gasteiger partial charge in [-0.2, -0.15) is 5.26 Å². The zero-order valence-electron chi connectivity index (χ0n) is 8.89. The maximum Gasteiger partial charge on any atom is 0.111 e. The molecule has 2 aromatic rings. The van der Waals surface area contributed by atoms with Crippen LogP contribution >= 0.6 is 11.3 Å². The largest absolute Gasteiger partial charge is 0.338 e. The standard InChI is InChI=1S/C13H12N2S/c14-8-11-4-1-2-5-12(11)9-15-10-13-6-3-7-16-13/h1-7,15H,9-10H2/p+1. The van der Waals surface area contributed by atoms with E-state index in [2.05, 4.69) is 28.9 Å². The molecule has 1 aromatic carbocycles. The monoisotopic (exact) mass is 229 g/mol. The number of quaternary nitrogens is 1. The first kappa shape index (κ1) is 10.9. The molecule has 0 aliphatic carbocycles. The molecule has 0 atom stereocenters. The van der Waals surface area contributed by atoms with E-state index in [1.54, 1.807) is 11.3 Å². The van der Waals surface area contributed by atoms with Crippen molar-refractivity contribution < 1.29 is 5.32 Å². The summed E-state index contributed by atoms with van der Waals surface area (Å²) >= 11 is 1.77. The van der Waals surface area contributed by atoms with Crippen LogP contribution < -0.4 is 5.32 Å². The normalized spacial score (nSPS) is 9.94. The molecule has 2 rings (SSSR count). The molecule has 0 spiro atoms. The molecule has 0 bridgehead atoms. The van der Waals surface area contributed by atoms with E-state index in [9.17, 15) is 0 Å². The van der Waals surface area contributed by atoms with Crippen LogP contribution in [0.5, 0.6) is 0 Å². The number of benzene rings is 1. The van der Waals surface area contributed by atoms with Crippen molar-refractivity contribution >= 4 is 11.3 Å². The molecule has 0 radical (unpaired) electrons. The molecule has 3 heteroatoms. The van der Waals surface area contributed by atoms with Crippen molar-refractivity contribution in [1.82, 2.24) is 0 Å². The third-order valence-corrected chi connectivity index (χ3v) is 3.33. The third-order valence-electron chi connectivity index (χ3n) is 2.43. The highest BCUT2D eigenvalue weighted by Gasteiger charge is 2.02. The molecule has 0 aliphatic rings. The van der Waals surface area contributed by atoms with E-state index in [1.807, 2.05) is 24.3 Å². The van der Waals surface area contributed by atoms with Gasteiger partial charge >= 0.3 is 0 Å². The molecular formula is C13H13N2S+. The molecule has 0 saturated heterocycles. The second-order valence-corrected chi connectivity index (χ2v) is 4.58. The van der Waals surface area contributed by atoms with Gasteiger partial charge in [0.2, 0.25) is 0 Å². The highest BCUT2D eigenvalue weighted by molar-refractivity contribution is 7.09. The number of thiophene rings is 1. The van der Waals surface area contributed by atoms with E-state index in [4.69, 9.17) is 5.26 Å². The highest BCUT2D eigenvalue weighted by Crippen LogP contribution is 2.07. The molecule has 16 heavy (non-hydrogen) atoms. The Labute approximate surface area is 99.2 Å². The predicted molar refractivity (Wildman–Crippen MR) is 64.8 cm³/mol. The lowest BCUT2D eigenvalue weighted by Gasteiger charge is -2.02. The first-order valence-electron chi connectivity index (χ1n) is 5.22. The van der Waals surface area contributed by atoms with Crippen molar-refractivity contribution in [3.63, 3.8) is 0 Å². The number of nitrogens with zero attached hydrogens (tertiary/aromatic N) is 1. The van der Waals surface area contributed by atoms with E-state index in [0.717, 1.165) is 24.2 Å². The minimum Gasteiger partial charge on any atom is -0.338 e. The summed E-state index contributed by atoms with van der Waals surface area (Å²) in [6, 6.07) is 14.2. The van der Waals surface area contributed by atoms with Gasteiger partial charge in [0.05, 0.1) is 16.5 Å². The molecule has 0 aliphatic heterocycles. The lowest BCUT2D eigenvalue weighted by Crippen LogP contribution is -2.80. The lowest BCUT2D eigenvalue weighted by molar-refractivity contribution is -0.685. The molecule has 1 heterocycles. The molecule has 0 unspecified atom stereocenters. The van der Waals surface area contributed by atoms with Crippen LogP contribution in [0, 0.1) is 11.3 Å². The summed E-state index contributed by atoms with van der Waals surface area (Å²) in [5.41, 5.74) is 1.89. The van der Waals surface area contributed by atoms with Gasteiger partial charge in [-0.1, -0.05) is 24.3 Å². The number of hydrogen-bond donors (Lipinski definition) is 1. The van der Waals surface area contributed by atoms with Gasteiger partial charge in [0, 0.05) is 5.56 Å². The van der Waals surface area contributed by atoms with Gasteiger partial charge in [0.25, 0.3) is 0 Å². The summed E-state index contributed by atoms with van der Waals surface area (Å²) in [7, 11) is 0. The molecular weight excluding hydrogens is 216 g/mol. The molecule has 0 saturated carbocycles. The molecule has 0 fully saturated rings. The maximum atomic E-state index is 8.94. The molecule has 0 amide bonds. The van der Waals surface area contributed by atoms with E-state index >= 15 is 0 Å². The molecule has 1 aromatic heterocycles. The van der Waals surface area contributed by atoms with Gasteiger partial charge in [0.1, 0.15) is 13.1 Å². The summed E-state index contributed by atoms with van der Waals surface area (Å²) in [4.78, 5) is 1.37. The Bertz CT molecular complexity index is 483. The van der Waals surface area contributed by atoms with Crippen LogP contribution in [-0.4, -0.2) is 0 Å². The summed E-state index contributed by atoms with van der Waals surface area (Å²) < 4.78 is 0. The van der Waals surface area contributed by atoms with Gasteiger partial charge in [-0.25, -0.2) is 0 Å². The van der Waals surface area contributed by atoms with Crippen molar-refractivity contribution in [3.8, 4) is 6.07 Å². The number of nitriles is 1. The zero-order valence-corrected chi connectivity index (χ0v) is 9.70. The predicted octanol–water partition coefficient (Wildman–Crippen LogP) is 1.88. The van der Waals surface area contributed by atoms with E-state index in [-0.39, 0.29) is 0 Å². The van der Waals surface area contributed by atoms with Gasteiger partial charge < -0.3 is 5.32 Å². The molecule has 2 nitrogen and oxygen atoms in total. The molecule has 80 valence electrons. The SMILES string of the molecule is N#Cc1ccccc1C[NH2+]Cc1cccs1. The Kier molecular flexibility index (Phi) is 3.71. The summed E-state index contributed by atoms with van der Waals surface area (Å²) in [6.45, 7) is 1.85. The quantitative estimate of drug-likeness (QED) is 0.854. The van der Waals surface area contributed by atoms with Crippen LogP contribution in [0.25, 0.3) is 0 Å². The van der Waals surface area contributed by atoms with Crippen molar-refractivity contribution in [2.45, 2.75) is 13.1 Å². The van der Waals surface area contributed by atoms with Gasteiger partial charge in [-0.05, 0) is 17.5 Å². The topological polar surface area (TPSA) is 40.4 Å². The van der Waals surface area contributed by atoms with Crippen LogP contribution in [-0.2, 0) is 13.1 Å². The van der Waals surface area contributed by atoms with Crippen molar-refractivity contribution in [1.29, 1.82) is 5.26 Å². The van der Waals surface area contributed by atoms with Crippen molar-refractivity contribution in [2.75, 3.05) is 0 Å². The van der Waals surface area contributed by atoms with E-state index in [1.165, 1.54) is 4.88 Å². The first-order chi connectivity index (χ1) is 7.90. The van der Waals surface area contributed by atoms with Crippen LogP contribution in [0.4, 0.5) is 0 Å². The van der Waals surface area contributed by atoms with Crippen LogP contribution in [0.2, 0.25) is 0 Å². The van der Waals surface area contributed by atoms with Gasteiger partial charge in [-0.3, -0.25) is 0 Å². The third kappa shape index (κ3) is 2.69. The highest BCUT2D eigenvalue weighted by atomic mass is 32.1. The number of rotatable bonds is 4. The fourth-order valence-electron chi connectivity index (χ4n) is 1.61. The smallest absolute Gasteiger partial charge is 0.111 e. The fourth-order valence-corrected chi connectivity index (χ4v) is 2.31. The second-order valence-electron chi connectivity index (χ2n) is 3.55. The number of hydrogen-bond acceptors (Lipinski definition) is 2. The summed E-state index contributed by atoms with van der Waals surface area (Å²) in [5.74, 6) is 0. The Morgan fingerprint density at radius 3 is 2.75 bits per heavy atom. The average molecular weight is 229 g/mol. The Morgan fingerprint density at radius 2 is 2.00 bits per heavy atom. The number of nitrogens with two attached hydrogens (primary N) is 1. The van der Waals surface area contributed by atoms with E-state index in [0.29, 0.717) is 0 Å². The maximum absolute atomic E-state index is 8.94. The second kappa shape index (κ2) is 5.45. The Hall–Kier alpha value is -1.63. The minimum absolute atomic E-state index is 0.782.